The van der Waals surface area contributed by atoms with Crippen LogP contribution in [0, 0.1) is 6.92 Å². The Morgan fingerprint density at radius 1 is 1.44 bits per heavy atom. The van der Waals surface area contributed by atoms with E-state index in [9.17, 15) is 4.79 Å². The Balaban J connectivity index is 2.91. The molecule has 4 nitrogen and oxygen atoms in total. The van der Waals surface area contributed by atoms with Crippen LogP contribution in [0.25, 0.3) is 6.08 Å². The summed E-state index contributed by atoms with van der Waals surface area (Å²) in [4.78, 5) is 11.2. The van der Waals surface area contributed by atoms with E-state index in [1.807, 2.05) is 26.0 Å². The molecule has 0 aliphatic rings. The Kier molecular flexibility index (Phi) is 5.24. The van der Waals surface area contributed by atoms with Crippen LogP contribution in [0.3, 0.4) is 0 Å². The second-order valence-electron chi connectivity index (χ2n) is 3.86. The Bertz CT molecular complexity index is 453. The molecule has 0 unspecified atom stereocenters. The van der Waals surface area contributed by atoms with Gasteiger partial charge in [0.2, 0.25) is 0 Å². The van der Waals surface area contributed by atoms with E-state index in [1.54, 1.807) is 13.0 Å². The molecule has 0 spiro atoms. The van der Waals surface area contributed by atoms with Crippen molar-refractivity contribution < 1.29 is 9.53 Å². The fourth-order valence-corrected chi connectivity index (χ4v) is 1.62. The number of carbonyl (C=O) groups is 1. The monoisotopic (exact) mass is 248 g/mol. The molecule has 0 aliphatic carbocycles. The first kappa shape index (κ1) is 14.1. The van der Waals surface area contributed by atoms with Crippen molar-refractivity contribution in [3.8, 4) is 0 Å². The number of benzene rings is 1. The SMILES string of the molecule is CCNc1ccc(/C=C/C(=O)OCC)c(C)c1N. The summed E-state index contributed by atoms with van der Waals surface area (Å²) in [6.45, 7) is 6.93. The van der Waals surface area contributed by atoms with Crippen LogP contribution in [-0.4, -0.2) is 19.1 Å². The molecular formula is C14H20N2O2. The maximum atomic E-state index is 11.2. The Hall–Kier alpha value is -1.97. The van der Waals surface area contributed by atoms with E-state index in [4.69, 9.17) is 10.5 Å². The number of carbonyl (C=O) groups excluding carboxylic acids is 1. The van der Waals surface area contributed by atoms with Gasteiger partial charge in [0.25, 0.3) is 0 Å². The first-order chi connectivity index (χ1) is 8.60. The van der Waals surface area contributed by atoms with Gasteiger partial charge in [-0.25, -0.2) is 4.79 Å². The van der Waals surface area contributed by atoms with Crippen LogP contribution in [-0.2, 0) is 9.53 Å². The number of esters is 1. The molecule has 1 rings (SSSR count). The molecule has 0 fully saturated rings. The zero-order valence-corrected chi connectivity index (χ0v) is 11.1. The number of nitrogens with two attached hydrogens (primary N) is 1. The van der Waals surface area contributed by atoms with E-state index < -0.39 is 0 Å². The van der Waals surface area contributed by atoms with Crippen molar-refractivity contribution in [1.82, 2.24) is 0 Å². The van der Waals surface area contributed by atoms with Gasteiger partial charge in [-0.3, -0.25) is 0 Å². The van der Waals surface area contributed by atoms with Gasteiger partial charge in [-0.05, 0) is 44.0 Å². The summed E-state index contributed by atoms with van der Waals surface area (Å²) >= 11 is 0. The highest BCUT2D eigenvalue weighted by Crippen LogP contribution is 2.26. The molecule has 0 atom stereocenters. The summed E-state index contributed by atoms with van der Waals surface area (Å²) < 4.78 is 4.83. The molecule has 1 aromatic carbocycles. The highest BCUT2D eigenvalue weighted by Gasteiger charge is 2.05. The molecule has 0 saturated heterocycles. The molecule has 0 radical (unpaired) electrons. The summed E-state index contributed by atoms with van der Waals surface area (Å²) in [5, 5.41) is 3.19. The number of rotatable bonds is 5. The van der Waals surface area contributed by atoms with Gasteiger partial charge in [0, 0.05) is 12.6 Å². The van der Waals surface area contributed by atoms with Crippen molar-refractivity contribution >= 4 is 23.4 Å². The third-order valence-electron chi connectivity index (χ3n) is 2.61. The number of anilines is 2. The predicted molar refractivity (Wildman–Crippen MR) is 75.4 cm³/mol. The molecule has 0 saturated carbocycles. The van der Waals surface area contributed by atoms with Crippen LogP contribution >= 0.6 is 0 Å². The Labute approximate surface area is 108 Å². The van der Waals surface area contributed by atoms with Crippen molar-refractivity contribution in [3.63, 3.8) is 0 Å². The molecule has 0 amide bonds. The van der Waals surface area contributed by atoms with Crippen molar-refractivity contribution in [2.24, 2.45) is 0 Å². The lowest BCUT2D eigenvalue weighted by Gasteiger charge is -2.11. The maximum Gasteiger partial charge on any atom is 0.330 e. The van der Waals surface area contributed by atoms with Crippen molar-refractivity contribution in [1.29, 1.82) is 0 Å². The fourth-order valence-electron chi connectivity index (χ4n) is 1.62. The number of hydrogen-bond donors (Lipinski definition) is 2. The van der Waals surface area contributed by atoms with Crippen LogP contribution in [0.2, 0.25) is 0 Å². The van der Waals surface area contributed by atoms with E-state index in [2.05, 4.69) is 5.32 Å². The van der Waals surface area contributed by atoms with Crippen molar-refractivity contribution in [2.75, 3.05) is 24.2 Å². The zero-order chi connectivity index (χ0) is 13.5. The summed E-state index contributed by atoms with van der Waals surface area (Å²) in [5.74, 6) is -0.341. The van der Waals surface area contributed by atoms with Crippen LogP contribution in [0.4, 0.5) is 11.4 Å². The van der Waals surface area contributed by atoms with E-state index in [-0.39, 0.29) is 5.97 Å². The molecule has 0 heterocycles. The van der Waals surface area contributed by atoms with Crippen molar-refractivity contribution in [2.45, 2.75) is 20.8 Å². The molecule has 1 aromatic rings. The highest BCUT2D eigenvalue weighted by molar-refractivity contribution is 5.88. The zero-order valence-electron chi connectivity index (χ0n) is 11.1. The minimum absolute atomic E-state index is 0.341. The number of ether oxygens (including phenoxy) is 1. The number of hydrogen-bond acceptors (Lipinski definition) is 4. The Morgan fingerprint density at radius 3 is 2.78 bits per heavy atom. The fraction of sp³-hybridized carbons (Fsp3) is 0.357. The highest BCUT2D eigenvalue weighted by atomic mass is 16.5. The standard InChI is InChI=1S/C14H20N2O2/c1-4-16-12-8-6-11(10(3)14(12)15)7-9-13(17)18-5-2/h6-9,16H,4-5,15H2,1-3H3/b9-7+. The van der Waals surface area contributed by atoms with Crippen LogP contribution in [0.15, 0.2) is 18.2 Å². The van der Waals surface area contributed by atoms with Gasteiger partial charge in [-0.2, -0.15) is 0 Å². The number of nitrogens with one attached hydrogen (secondary N) is 1. The molecule has 98 valence electrons. The Morgan fingerprint density at radius 2 is 2.17 bits per heavy atom. The largest absolute Gasteiger partial charge is 0.463 e. The van der Waals surface area contributed by atoms with Crippen LogP contribution < -0.4 is 11.1 Å². The quantitative estimate of drug-likeness (QED) is 0.477. The van der Waals surface area contributed by atoms with E-state index in [0.29, 0.717) is 12.3 Å². The average molecular weight is 248 g/mol. The minimum Gasteiger partial charge on any atom is -0.463 e. The van der Waals surface area contributed by atoms with Gasteiger partial charge in [-0.1, -0.05) is 6.07 Å². The molecule has 4 heteroatoms. The summed E-state index contributed by atoms with van der Waals surface area (Å²) in [7, 11) is 0. The molecule has 0 aliphatic heterocycles. The lowest BCUT2D eigenvalue weighted by Crippen LogP contribution is -2.03. The van der Waals surface area contributed by atoms with Gasteiger partial charge in [0.1, 0.15) is 0 Å². The lowest BCUT2D eigenvalue weighted by atomic mass is 10.0. The van der Waals surface area contributed by atoms with Gasteiger partial charge in [0.15, 0.2) is 0 Å². The van der Waals surface area contributed by atoms with Gasteiger partial charge >= 0.3 is 5.97 Å². The lowest BCUT2D eigenvalue weighted by molar-refractivity contribution is -0.137. The third-order valence-corrected chi connectivity index (χ3v) is 2.61. The topological polar surface area (TPSA) is 64.3 Å². The van der Waals surface area contributed by atoms with Crippen molar-refractivity contribution in [3.05, 3.63) is 29.3 Å². The molecule has 3 N–H and O–H groups in total. The summed E-state index contributed by atoms with van der Waals surface area (Å²) in [6, 6.07) is 3.84. The third kappa shape index (κ3) is 3.52. The number of nitrogen functional groups attached to an aromatic ring is 1. The molecule has 0 aromatic heterocycles. The second-order valence-corrected chi connectivity index (χ2v) is 3.86. The van der Waals surface area contributed by atoms with E-state index in [1.165, 1.54) is 6.08 Å². The van der Waals surface area contributed by atoms with Gasteiger partial charge < -0.3 is 15.8 Å². The van der Waals surface area contributed by atoms with Gasteiger partial charge in [-0.15, -0.1) is 0 Å². The predicted octanol–water partition coefficient (Wildman–Crippen LogP) is 2.59. The first-order valence-corrected chi connectivity index (χ1v) is 6.07. The minimum atomic E-state index is -0.341. The average Bonchev–Trinajstić information content (AvgIpc) is 2.35. The normalized spacial score (nSPS) is 10.6. The maximum absolute atomic E-state index is 11.2. The summed E-state index contributed by atoms with van der Waals surface area (Å²) in [6.07, 6.45) is 3.14. The van der Waals surface area contributed by atoms with Crippen LogP contribution in [0.1, 0.15) is 25.0 Å². The molecular weight excluding hydrogens is 228 g/mol. The second kappa shape index (κ2) is 6.69. The van der Waals surface area contributed by atoms with Crippen LogP contribution in [0.5, 0.6) is 0 Å². The van der Waals surface area contributed by atoms with Gasteiger partial charge in [0.05, 0.1) is 18.0 Å². The summed E-state index contributed by atoms with van der Waals surface area (Å²) in [5.41, 5.74) is 9.52. The molecule has 0 bridgehead atoms. The first-order valence-electron chi connectivity index (χ1n) is 6.07. The van der Waals surface area contributed by atoms with E-state index >= 15 is 0 Å². The smallest absolute Gasteiger partial charge is 0.330 e. The van der Waals surface area contributed by atoms with E-state index in [0.717, 1.165) is 23.4 Å². The molecule has 18 heavy (non-hydrogen) atoms.